The molecule has 2 aliphatic heterocycles. The molecule has 4 nitrogen and oxygen atoms in total. The van der Waals surface area contributed by atoms with E-state index in [0.717, 1.165) is 32.0 Å². The maximum Gasteiger partial charge on any atom is 0.230 e. The van der Waals surface area contributed by atoms with Crippen LogP contribution in [0.25, 0.3) is 0 Å². The first-order valence-electron chi connectivity index (χ1n) is 9.48. The second-order valence-electron chi connectivity index (χ2n) is 8.03. The minimum Gasteiger partial charge on any atom is -0.342 e. The number of likely N-dealkylation sites (tertiary alicyclic amines) is 2. The average Bonchev–Trinajstić information content (AvgIpc) is 3.34. The molecular formula is C20H24F2N2O2. The highest BCUT2D eigenvalue weighted by Crippen LogP contribution is 2.41. The standard InChI is InChI=1S/C20H24F2N2O2/c21-16-4-1-3-15(18(16)22)11-17(25)24-10-8-20(13-24)7-2-9-23(19(20)26)12-14-5-6-14/h1,3-4,14H,2,5-13H2/t20-/m0/s1. The lowest BCUT2D eigenvalue weighted by Crippen LogP contribution is -2.51. The first kappa shape index (κ1) is 17.4. The third-order valence-corrected chi connectivity index (χ3v) is 6.08. The monoisotopic (exact) mass is 362 g/mol. The summed E-state index contributed by atoms with van der Waals surface area (Å²) in [6.07, 6.45) is 4.70. The SMILES string of the molecule is O=C(Cc1cccc(F)c1F)N1CC[C@@]2(CCCN(CC3CC3)C2=O)C1. The largest absolute Gasteiger partial charge is 0.342 e. The summed E-state index contributed by atoms with van der Waals surface area (Å²) in [6.45, 7) is 2.59. The van der Waals surface area contributed by atoms with Crippen molar-refractivity contribution in [1.82, 2.24) is 9.80 Å². The minimum atomic E-state index is -0.959. The molecule has 0 aromatic heterocycles. The van der Waals surface area contributed by atoms with Gasteiger partial charge in [0.1, 0.15) is 0 Å². The third kappa shape index (κ3) is 3.21. The molecule has 0 N–H and O–H groups in total. The number of rotatable bonds is 4. The molecule has 0 radical (unpaired) electrons. The van der Waals surface area contributed by atoms with Crippen LogP contribution in [0, 0.1) is 23.0 Å². The van der Waals surface area contributed by atoms with E-state index < -0.39 is 17.0 Å². The van der Waals surface area contributed by atoms with Crippen molar-refractivity contribution in [3.63, 3.8) is 0 Å². The molecule has 0 unspecified atom stereocenters. The normalized spacial score (nSPS) is 26.0. The fourth-order valence-corrected chi connectivity index (χ4v) is 4.36. The first-order chi connectivity index (χ1) is 12.5. The highest BCUT2D eigenvalue weighted by molar-refractivity contribution is 5.86. The van der Waals surface area contributed by atoms with E-state index in [9.17, 15) is 18.4 Å². The average molecular weight is 362 g/mol. The maximum absolute atomic E-state index is 13.8. The molecule has 6 heteroatoms. The third-order valence-electron chi connectivity index (χ3n) is 6.08. The van der Waals surface area contributed by atoms with Crippen LogP contribution in [-0.2, 0) is 16.0 Å². The molecule has 26 heavy (non-hydrogen) atoms. The van der Waals surface area contributed by atoms with Crippen molar-refractivity contribution in [2.45, 2.75) is 38.5 Å². The van der Waals surface area contributed by atoms with Gasteiger partial charge in [0, 0.05) is 31.7 Å². The van der Waals surface area contributed by atoms with Gasteiger partial charge in [-0.3, -0.25) is 9.59 Å². The van der Waals surface area contributed by atoms with Crippen molar-refractivity contribution in [3.05, 3.63) is 35.4 Å². The Hall–Kier alpha value is -1.98. The van der Waals surface area contributed by atoms with Gasteiger partial charge in [0.2, 0.25) is 11.8 Å². The molecule has 3 aliphatic rings. The van der Waals surface area contributed by atoms with Crippen LogP contribution in [0.15, 0.2) is 18.2 Å². The zero-order valence-corrected chi connectivity index (χ0v) is 14.8. The Morgan fingerprint density at radius 1 is 1.19 bits per heavy atom. The maximum atomic E-state index is 13.8. The zero-order chi connectivity index (χ0) is 18.3. The Bertz CT molecular complexity index is 735. The van der Waals surface area contributed by atoms with Crippen LogP contribution in [0.5, 0.6) is 0 Å². The Morgan fingerprint density at radius 3 is 2.77 bits per heavy atom. The van der Waals surface area contributed by atoms with E-state index >= 15 is 0 Å². The summed E-state index contributed by atoms with van der Waals surface area (Å²) >= 11 is 0. The predicted octanol–water partition coefficient (Wildman–Crippen LogP) is 2.76. The van der Waals surface area contributed by atoms with E-state index in [-0.39, 0.29) is 23.8 Å². The number of amides is 2. The fraction of sp³-hybridized carbons (Fsp3) is 0.600. The van der Waals surface area contributed by atoms with Crippen molar-refractivity contribution < 1.29 is 18.4 Å². The van der Waals surface area contributed by atoms with Gasteiger partial charge in [0.15, 0.2) is 11.6 Å². The molecule has 2 saturated heterocycles. The number of nitrogens with zero attached hydrogens (tertiary/aromatic N) is 2. The Labute approximate surface area is 152 Å². The van der Waals surface area contributed by atoms with Gasteiger partial charge in [0.25, 0.3) is 0 Å². The minimum absolute atomic E-state index is 0.0706. The summed E-state index contributed by atoms with van der Waals surface area (Å²) < 4.78 is 27.2. The summed E-state index contributed by atoms with van der Waals surface area (Å²) in [4.78, 5) is 29.3. The van der Waals surface area contributed by atoms with Crippen LogP contribution in [0.4, 0.5) is 8.78 Å². The zero-order valence-electron chi connectivity index (χ0n) is 14.8. The molecule has 1 saturated carbocycles. The van der Waals surface area contributed by atoms with Crippen molar-refractivity contribution in [3.8, 4) is 0 Å². The lowest BCUT2D eigenvalue weighted by atomic mass is 9.78. The predicted molar refractivity (Wildman–Crippen MR) is 92.2 cm³/mol. The van der Waals surface area contributed by atoms with E-state index in [1.807, 2.05) is 4.90 Å². The molecule has 1 spiro atoms. The number of hydrogen-bond donors (Lipinski definition) is 0. The van der Waals surface area contributed by atoms with Crippen LogP contribution < -0.4 is 0 Å². The molecule has 3 fully saturated rings. The van der Waals surface area contributed by atoms with Gasteiger partial charge in [-0.15, -0.1) is 0 Å². The summed E-state index contributed by atoms with van der Waals surface area (Å²) in [7, 11) is 0. The molecule has 0 bridgehead atoms. The molecule has 1 aliphatic carbocycles. The van der Waals surface area contributed by atoms with Crippen molar-refractivity contribution in [2.24, 2.45) is 11.3 Å². The number of halogens is 2. The van der Waals surface area contributed by atoms with Crippen molar-refractivity contribution in [2.75, 3.05) is 26.2 Å². The fourth-order valence-electron chi connectivity index (χ4n) is 4.36. The van der Waals surface area contributed by atoms with E-state index in [1.165, 1.54) is 25.0 Å². The number of piperidine rings is 1. The summed E-state index contributed by atoms with van der Waals surface area (Å²) in [5, 5.41) is 0. The van der Waals surface area contributed by atoms with Gasteiger partial charge in [-0.1, -0.05) is 12.1 Å². The summed E-state index contributed by atoms with van der Waals surface area (Å²) in [5.41, 5.74) is -0.398. The van der Waals surface area contributed by atoms with Crippen LogP contribution in [0.1, 0.15) is 37.7 Å². The van der Waals surface area contributed by atoms with Crippen molar-refractivity contribution in [1.29, 1.82) is 0 Å². The molecule has 4 rings (SSSR count). The second-order valence-corrected chi connectivity index (χ2v) is 8.03. The van der Waals surface area contributed by atoms with Crippen LogP contribution in [-0.4, -0.2) is 47.8 Å². The highest BCUT2D eigenvalue weighted by atomic mass is 19.2. The van der Waals surface area contributed by atoms with E-state index in [4.69, 9.17) is 0 Å². The smallest absolute Gasteiger partial charge is 0.230 e. The molecule has 1 aromatic rings. The number of carbonyl (C=O) groups is 2. The van der Waals surface area contributed by atoms with E-state index in [1.54, 1.807) is 4.90 Å². The number of benzene rings is 1. The van der Waals surface area contributed by atoms with Crippen LogP contribution >= 0.6 is 0 Å². The van der Waals surface area contributed by atoms with Gasteiger partial charge in [-0.25, -0.2) is 8.78 Å². The topological polar surface area (TPSA) is 40.6 Å². The molecular weight excluding hydrogens is 338 g/mol. The lowest BCUT2D eigenvalue weighted by Gasteiger charge is -2.39. The van der Waals surface area contributed by atoms with Gasteiger partial charge in [-0.2, -0.15) is 0 Å². The molecule has 1 atom stereocenters. The first-order valence-corrected chi connectivity index (χ1v) is 9.48. The molecule has 1 aromatic carbocycles. The van der Waals surface area contributed by atoms with Crippen LogP contribution in [0.2, 0.25) is 0 Å². The molecule has 140 valence electrons. The summed E-state index contributed by atoms with van der Waals surface area (Å²) in [5.74, 6) is -1.30. The van der Waals surface area contributed by atoms with Gasteiger partial charge in [0.05, 0.1) is 11.8 Å². The van der Waals surface area contributed by atoms with Crippen molar-refractivity contribution >= 4 is 11.8 Å². The van der Waals surface area contributed by atoms with E-state index in [2.05, 4.69) is 0 Å². The Kier molecular flexibility index (Phi) is 4.45. The van der Waals surface area contributed by atoms with Gasteiger partial charge >= 0.3 is 0 Å². The Balaban J connectivity index is 1.43. The highest BCUT2D eigenvalue weighted by Gasteiger charge is 2.49. The van der Waals surface area contributed by atoms with E-state index in [0.29, 0.717) is 25.4 Å². The second kappa shape index (κ2) is 6.63. The number of hydrogen-bond acceptors (Lipinski definition) is 2. The lowest BCUT2D eigenvalue weighted by molar-refractivity contribution is -0.146. The Morgan fingerprint density at radius 2 is 2.00 bits per heavy atom. The number of carbonyl (C=O) groups excluding carboxylic acids is 2. The summed E-state index contributed by atoms with van der Waals surface area (Å²) in [6, 6.07) is 3.89. The quantitative estimate of drug-likeness (QED) is 0.826. The molecule has 2 amide bonds. The van der Waals surface area contributed by atoms with Gasteiger partial charge in [-0.05, 0) is 44.1 Å². The molecule has 2 heterocycles. The van der Waals surface area contributed by atoms with Crippen LogP contribution in [0.3, 0.4) is 0 Å². The van der Waals surface area contributed by atoms with Gasteiger partial charge < -0.3 is 9.80 Å².